The number of halogens is 1. The van der Waals surface area contributed by atoms with Crippen LogP contribution in [0.25, 0.3) is 27.6 Å². The Morgan fingerprint density at radius 1 is 1.06 bits per heavy atom. The summed E-state index contributed by atoms with van der Waals surface area (Å²) in [5.41, 5.74) is 7.93. The van der Waals surface area contributed by atoms with E-state index in [1.165, 1.54) is 27.8 Å². The zero-order valence-corrected chi connectivity index (χ0v) is 19.9. The molecule has 3 nitrogen and oxygen atoms in total. The number of rotatable bonds is 2. The standard InChI is InChI=1S/C27H33FN3/c1-8-27(9-2)11-10-18-14-19(28)15-20-23(18)24-30(25(29-20)26(5,6)7)21-12-16(3)17(4)13-22(21)31(24)27/h12-15H,8-11H2,1-7H3/q+1. The van der Waals surface area contributed by atoms with Crippen molar-refractivity contribution in [1.29, 1.82) is 0 Å². The first-order valence-electron chi connectivity index (χ1n) is 11.6. The Bertz CT molecular complexity index is 1370. The molecule has 0 fully saturated rings. The first kappa shape index (κ1) is 20.4. The van der Waals surface area contributed by atoms with Gasteiger partial charge >= 0.3 is 0 Å². The van der Waals surface area contributed by atoms with E-state index in [9.17, 15) is 4.39 Å². The molecule has 0 saturated heterocycles. The molecule has 0 saturated carbocycles. The first-order valence-corrected chi connectivity index (χ1v) is 11.6. The summed E-state index contributed by atoms with van der Waals surface area (Å²) in [5, 5.41) is 1.12. The van der Waals surface area contributed by atoms with Gasteiger partial charge in [0, 0.05) is 11.5 Å². The van der Waals surface area contributed by atoms with E-state index < -0.39 is 0 Å². The molecule has 1 aliphatic rings. The van der Waals surface area contributed by atoms with Gasteiger partial charge in [-0.1, -0.05) is 34.6 Å². The van der Waals surface area contributed by atoms with Crippen molar-refractivity contribution in [3.8, 4) is 0 Å². The maximum atomic E-state index is 14.7. The number of nitrogens with zero attached hydrogens (tertiary/aromatic N) is 3. The van der Waals surface area contributed by atoms with Crippen LogP contribution >= 0.6 is 0 Å². The molecule has 0 spiro atoms. The molecule has 4 heteroatoms. The Morgan fingerprint density at radius 2 is 1.74 bits per heavy atom. The first-order chi connectivity index (χ1) is 14.6. The highest BCUT2D eigenvalue weighted by Crippen LogP contribution is 2.39. The predicted octanol–water partition coefficient (Wildman–Crippen LogP) is 6.44. The predicted molar refractivity (Wildman–Crippen MR) is 125 cm³/mol. The van der Waals surface area contributed by atoms with Crippen LogP contribution in [-0.2, 0) is 17.4 Å². The number of aryl methyl sites for hydroxylation is 3. The molecule has 0 amide bonds. The van der Waals surface area contributed by atoms with Gasteiger partial charge in [-0.05, 0) is 74.4 Å². The summed E-state index contributed by atoms with van der Waals surface area (Å²) in [4.78, 5) is 5.10. The van der Waals surface area contributed by atoms with Crippen LogP contribution in [0.3, 0.4) is 0 Å². The van der Waals surface area contributed by atoms with Crippen molar-refractivity contribution in [1.82, 2.24) is 9.38 Å². The molecule has 0 N–H and O–H groups in total. The van der Waals surface area contributed by atoms with Gasteiger partial charge in [-0.25, -0.2) is 13.9 Å². The molecule has 0 radical (unpaired) electrons. The molecule has 0 bridgehead atoms. The number of imidazole rings is 1. The number of hydrogen-bond donors (Lipinski definition) is 0. The lowest BCUT2D eigenvalue weighted by molar-refractivity contribution is -0.721. The average molecular weight is 419 g/mol. The molecule has 0 aliphatic carbocycles. The minimum Gasteiger partial charge on any atom is -0.217 e. The SMILES string of the molecule is CCC1(CC)CCc2cc(F)cc3nc(C(C)(C)C)n4c5cc(C)c(C)cc5[n+]1c4c23. The summed E-state index contributed by atoms with van der Waals surface area (Å²) in [6.07, 6.45) is 3.96. The second-order valence-electron chi connectivity index (χ2n) is 10.5. The largest absolute Gasteiger partial charge is 0.299 e. The maximum absolute atomic E-state index is 14.7. The van der Waals surface area contributed by atoms with Gasteiger partial charge in [0.25, 0.3) is 5.65 Å². The summed E-state index contributed by atoms with van der Waals surface area (Å²) in [5.74, 6) is 0.801. The molecular weight excluding hydrogens is 385 g/mol. The fourth-order valence-corrected chi connectivity index (χ4v) is 5.65. The van der Waals surface area contributed by atoms with Gasteiger partial charge in [0.15, 0.2) is 11.0 Å². The maximum Gasteiger partial charge on any atom is 0.299 e. The van der Waals surface area contributed by atoms with Crippen LogP contribution < -0.4 is 4.57 Å². The molecule has 2 aromatic heterocycles. The second-order valence-corrected chi connectivity index (χ2v) is 10.5. The number of benzene rings is 2. The van der Waals surface area contributed by atoms with Crippen LogP contribution in [0.1, 0.15) is 76.4 Å². The monoisotopic (exact) mass is 418 g/mol. The fraction of sp³-hybridized carbons (Fsp3) is 0.481. The van der Waals surface area contributed by atoms with Crippen LogP contribution in [0.5, 0.6) is 0 Å². The fourth-order valence-electron chi connectivity index (χ4n) is 5.65. The van der Waals surface area contributed by atoms with Crippen LogP contribution in [0.2, 0.25) is 0 Å². The smallest absolute Gasteiger partial charge is 0.217 e. The number of aromatic nitrogens is 3. The normalized spacial score (nSPS) is 16.0. The highest BCUT2D eigenvalue weighted by atomic mass is 19.1. The van der Waals surface area contributed by atoms with Crippen LogP contribution in [0.15, 0.2) is 24.3 Å². The zero-order valence-electron chi connectivity index (χ0n) is 19.9. The van der Waals surface area contributed by atoms with Crippen molar-refractivity contribution in [2.45, 2.75) is 85.1 Å². The third-order valence-electron chi connectivity index (χ3n) is 7.64. The molecular formula is C27H33FN3+. The number of fused-ring (bicyclic) bond motifs is 3. The Labute approximate surface area is 183 Å². The Hall–Kier alpha value is -2.49. The lowest BCUT2D eigenvalue weighted by Gasteiger charge is -2.28. The molecule has 0 unspecified atom stereocenters. The Morgan fingerprint density at radius 3 is 2.39 bits per heavy atom. The molecule has 0 atom stereocenters. The molecule has 162 valence electrons. The van der Waals surface area contributed by atoms with Crippen molar-refractivity contribution < 1.29 is 8.96 Å². The third kappa shape index (κ3) is 2.69. The van der Waals surface area contributed by atoms with Crippen molar-refractivity contribution >= 4 is 27.6 Å². The van der Waals surface area contributed by atoms with E-state index in [1.807, 2.05) is 0 Å². The van der Waals surface area contributed by atoms with Gasteiger partial charge in [0.05, 0.1) is 10.9 Å². The van der Waals surface area contributed by atoms with Gasteiger partial charge < -0.3 is 0 Å². The summed E-state index contributed by atoms with van der Waals surface area (Å²) >= 11 is 0. The van der Waals surface area contributed by atoms with E-state index in [0.29, 0.717) is 0 Å². The minimum atomic E-state index is -0.186. The minimum absolute atomic E-state index is 0.00632. The topological polar surface area (TPSA) is 21.2 Å². The van der Waals surface area contributed by atoms with E-state index >= 15 is 0 Å². The average Bonchev–Trinajstić information content (AvgIpc) is 2.93. The van der Waals surface area contributed by atoms with Gasteiger partial charge in [-0.15, -0.1) is 0 Å². The highest BCUT2D eigenvalue weighted by Gasteiger charge is 2.43. The lowest BCUT2D eigenvalue weighted by Crippen LogP contribution is -2.55. The van der Waals surface area contributed by atoms with Crippen LogP contribution in [0, 0.1) is 19.7 Å². The van der Waals surface area contributed by atoms with E-state index in [-0.39, 0.29) is 16.8 Å². The summed E-state index contributed by atoms with van der Waals surface area (Å²) in [6.45, 7) is 15.6. The van der Waals surface area contributed by atoms with Gasteiger partial charge in [0.1, 0.15) is 11.4 Å². The van der Waals surface area contributed by atoms with Crippen molar-refractivity contribution in [3.05, 3.63) is 52.6 Å². The van der Waals surface area contributed by atoms with Crippen molar-refractivity contribution in [2.24, 2.45) is 0 Å². The van der Waals surface area contributed by atoms with E-state index in [0.717, 1.165) is 48.0 Å². The van der Waals surface area contributed by atoms with E-state index in [4.69, 9.17) is 4.98 Å². The highest BCUT2D eigenvalue weighted by molar-refractivity contribution is 5.96. The Kier molecular flexibility index (Phi) is 4.28. The van der Waals surface area contributed by atoms with E-state index in [1.54, 1.807) is 12.1 Å². The molecule has 1 aliphatic heterocycles. The summed E-state index contributed by atoms with van der Waals surface area (Å²) in [6, 6.07) is 8.03. The quantitative estimate of drug-likeness (QED) is 0.343. The van der Waals surface area contributed by atoms with Crippen molar-refractivity contribution in [2.75, 3.05) is 0 Å². The zero-order chi connectivity index (χ0) is 22.3. The summed E-state index contributed by atoms with van der Waals surface area (Å²) < 4.78 is 19.7. The lowest BCUT2D eigenvalue weighted by atomic mass is 9.86. The van der Waals surface area contributed by atoms with E-state index in [2.05, 4.69) is 69.6 Å². The van der Waals surface area contributed by atoms with Gasteiger partial charge in [-0.2, -0.15) is 4.40 Å². The second kappa shape index (κ2) is 6.51. The Balaban J connectivity index is 2.18. The molecule has 5 rings (SSSR count). The molecule has 4 aromatic rings. The third-order valence-corrected chi connectivity index (χ3v) is 7.64. The number of hydrogen-bond acceptors (Lipinski definition) is 1. The van der Waals surface area contributed by atoms with Crippen molar-refractivity contribution in [3.63, 3.8) is 0 Å². The van der Waals surface area contributed by atoms with Gasteiger partial charge in [-0.3, -0.25) is 0 Å². The van der Waals surface area contributed by atoms with Crippen LogP contribution in [0.4, 0.5) is 4.39 Å². The molecule has 31 heavy (non-hydrogen) atoms. The van der Waals surface area contributed by atoms with Crippen LogP contribution in [-0.4, -0.2) is 9.38 Å². The molecule has 3 heterocycles. The molecule has 2 aromatic carbocycles. The van der Waals surface area contributed by atoms with Gasteiger partial charge in [0.2, 0.25) is 5.82 Å². The summed E-state index contributed by atoms with van der Waals surface area (Å²) in [7, 11) is 0.